The highest BCUT2D eigenvalue weighted by molar-refractivity contribution is 9.09. The van der Waals surface area contributed by atoms with Gasteiger partial charge in [0, 0.05) is 10.7 Å². The Morgan fingerprint density at radius 2 is 2.20 bits per heavy atom. The van der Waals surface area contributed by atoms with Crippen molar-refractivity contribution in [2.75, 3.05) is 18.5 Å². The fraction of sp³-hybridized carbons (Fsp3) is 1.00. The third kappa shape index (κ3) is 1.24. The molecule has 1 atom stereocenters. The molecule has 1 fully saturated rings. The van der Waals surface area contributed by atoms with Gasteiger partial charge < -0.3 is 4.74 Å². The summed E-state index contributed by atoms with van der Waals surface area (Å²) < 4.78 is 5.23. The molecule has 1 unspecified atom stereocenters. The second-order valence-corrected chi connectivity index (χ2v) is 3.91. The molecule has 0 aromatic rings. The number of hydrogen-bond donors (Lipinski definition) is 0. The van der Waals surface area contributed by atoms with Crippen LogP contribution in [0.1, 0.15) is 20.3 Å². The zero-order valence-corrected chi connectivity index (χ0v) is 8.28. The maximum atomic E-state index is 5.23. The molecular weight excluding hydrogens is 192 g/mol. The minimum absolute atomic E-state index is 0.503. The van der Waals surface area contributed by atoms with E-state index < -0.39 is 0 Å². The minimum Gasteiger partial charge on any atom is -0.380 e. The van der Waals surface area contributed by atoms with E-state index in [1.807, 2.05) is 0 Å². The maximum absolute atomic E-state index is 5.23. The van der Waals surface area contributed by atoms with Gasteiger partial charge in [0.15, 0.2) is 0 Å². The first kappa shape index (κ1) is 8.54. The van der Waals surface area contributed by atoms with E-state index in [0.29, 0.717) is 5.41 Å². The van der Waals surface area contributed by atoms with E-state index in [-0.39, 0.29) is 0 Å². The number of ether oxygens (including phenoxy) is 1. The summed E-state index contributed by atoms with van der Waals surface area (Å²) in [7, 11) is 0. The van der Waals surface area contributed by atoms with Gasteiger partial charge in [-0.15, -0.1) is 0 Å². The van der Waals surface area contributed by atoms with Crippen LogP contribution >= 0.6 is 15.9 Å². The van der Waals surface area contributed by atoms with Gasteiger partial charge in [-0.2, -0.15) is 0 Å². The summed E-state index contributed by atoms with van der Waals surface area (Å²) in [6.07, 6.45) is 1.25. The molecule has 1 heterocycles. The minimum atomic E-state index is 0.503. The summed E-state index contributed by atoms with van der Waals surface area (Å²) in [6, 6.07) is 0. The molecule has 10 heavy (non-hydrogen) atoms. The van der Waals surface area contributed by atoms with E-state index in [9.17, 15) is 0 Å². The molecule has 0 radical (unpaired) electrons. The topological polar surface area (TPSA) is 9.23 Å². The van der Waals surface area contributed by atoms with Crippen molar-refractivity contribution >= 4 is 15.9 Å². The van der Waals surface area contributed by atoms with E-state index in [1.54, 1.807) is 0 Å². The van der Waals surface area contributed by atoms with Gasteiger partial charge in [-0.05, 0) is 12.3 Å². The molecule has 1 nitrogen and oxygen atoms in total. The Bertz CT molecular complexity index is 104. The summed E-state index contributed by atoms with van der Waals surface area (Å²) in [5, 5.41) is 1.10. The second-order valence-electron chi connectivity index (χ2n) is 3.26. The summed E-state index contributed by atoms with van der Waals surface area (Å²) >= 11 is 3.51. The molecule has 0 amide bonds. The van der Waals surface area contributed by atoms with Gasteiger partial charge in [-0.3, -0.25) is 0 Å². The van der Waals surface area contributed by atoms with Crippen LogP contribution in [0.2, 0.25) is 0 Å². The fourth-order valence-corrected chi connectivity index (χ4v) is 2.05. The van der Waals surface area contributed by atoms with Crippen molar-refractivity contribution in [2.24, 2.45) is 11.3 Å². The lowest BCUT2D eigenvalue weighted by Crippen LogP contribution is -2.47. The van der Waals surface area contributed by atoms with Crippen molar-refractivity contribution in [1.29, 1.82) is 0 Å². The Labute approximate surface area is 71.3 Å². The van der Waals surface area contributed by atoms with Gasteiger partial charge in [-0.25, -0.2) is 0 Å². The van der Waals surface area contributed by atoms with Crippen molar-refractivity contribution in [2.45, 2.75) is 20.3 Å². The van der Waals surface area contributed by atoms with Crippen LogP contribution in [0, 0.1) is 11.3 Å². The SMILES string of the molecule is CCC1(C(C)CBr)COC1. The van der Waals surface area contributed by atoms with Gasteiger partial charge in [0.1, 0.15) is 0 Å². The van der Waals surface area contributed by atoms with E-state index in [4.69, 9.17) is 4.74 Å². The van der Waals surface area contributed by atoms with Gasteiger partial charge in [0.25, 0.3) is 0 Å². The van der Waals surface area contributed by atoms with Gasteiger partial charge >= 0.3 is 0 Å². The van der Waals surface area contributed by atoms with Crippen LogP contribution in [0.25, 0.3) is 0 Å². The first-order chi connectivity index (χ1) is 4.75. The summed E-state index contributed by atoms with van der Waals surface area (Å²) in [6.45, 7) is 6.48. The standard InChI is InChI=1S/C8H15BrO/c1-3-8(5-10-6-8)7(2)4-9/h7H,3-6H2,1-2H3. The Morgan fingerprint density at radius 3 is 2.30 bits per heavy atom. The molecule has 0 aliphatic carbocycles. The van der Waals surface area contributed by atoms with E-state index >= 15 is 0 Å². The molecule has 1 rings (SSSR count). The maximum Gasteiger partial charge on any atom is 0.0547 e. The molecule has 2 heteroatoms. The molecule has 60 valence electrons. The van der Waals surface area contributed by atoms with Crippen LogP contribution in [0.4, 0.5) is 0 Å². The highest BCUT2D eigenvalue weighted by atomic mass is 79.9. The van der Waals surface area contributed by atoms with Gasteiger partial charge in [-0.1, -0.05) is 29.8 Å². The third-order valence-corrected chi connectivity index (χ3v) is 3.73. The molecule has 1 saturated heterocycles. The van der Waals surface area contributed by atoms with Crippen molar-refractivity contribution < 1.29 is 4.74 Å². The number of rotatable bonds is 3. The Morgan fingerprint density at radius 1 is 1.60 bits per heavy atom. The van der Waals surface area contributed by atoms with Crippen molar-refractivity contribution in [3.63, 3.8) is 0 Å². The molecular formula is C8H15BrO. The third-order valence-electron chi connectivity index (χ3n) is 2.76. The van der Waals surface area contributed by atoms with Crippen molar-refractivity contribution in [1.82, 2.24) is 0 Å². The lowest BCUT2D eigenvalue weighted by molar-refractivity contribution is -0.139. The Balaban J connectivity index is 2.46. The predicted octanol–water partition coefficient (Wildman–Crippen LogP) is 2.44. The first-order valence-corrected chi connectivity index (χ1v) is 5.01. The fourth-order valence-electron chi connectivity index (χ4n) is 1.37. The van der Waals surface area contributed by atoms with Crippen LogP contribution in [-0.2, 0) is 4.74 Å². The zero-order valence-electron chi connectivity index (χ0n) is 6.69. The number of halogens is 1. The quantitative estimate of drug-likeness (QED) is 0.646. The van der Waals surface area contributed by atoms with E-state index in [2.05, 4.69) is 29.8 Å². The molecule has 0 aromatic heterocycles. The molecule has 0 aromatic carbocycles. The van der Waals surface area contributed by atoms with Crippen LogP contribution in [-0.4, -0.2) is 18.5 Å². The first-order valence-electron chi connectivity index (χ1n) is 3.89. The van der Waals surface area contributed by atoms with Gasteiger partial charge in [0.2, 0.25) is 0 Å². The average molecular weight is 207 g/mol. The van der Waals surface area contributed by atoms with Crippen LogP contribution in [0.5, 0.6) is 0 Å². The largest absolute Gasteiger partial charge is 0.380 e. The van der Waals surface area contributed by atoms with Gasteiger partial charge in [0.05, 0.1) is 13.2 Å². The summed E-state index contributed by atoms with van der Waals surface area (Å²) in [5.41, 5.74) is 0.503. The monoisotopic (exact) mass is 206 g/mol. The van der Waals surface area contributed by atoms with Crippen molar-refractivity contribution in [3.8, 4) is 0 Å². The van der Waals surface area contributed by atoms with Crippen LogP contribution in [0.3, 0.4) is 0 Å². The molecule has 1 aliphatic rings. The van der Waals surface area contributed by atoms with Crippen LogP contribution < -0.4 is 0 Å². The predicted molar refractivity (Wildman–Crippen MR) is 46.5 cm³/mol. The molecule has 0 spiro atoms. The second kappa shape index (κ2) is 3.22. The Kier molecular flexibility index (Phi) is 2.75. The van der Waals surface area contributed by atoms with E-state index in [0.717, 1.165) is 24.5 Å². The normalized spacial score (nSPS) is 25.5. The highest BCUT2D eigenvalue weighted by Crippen LogP contribution is 2.39. The number of alkyl halides is 1. The average Bonchev–Trinajstić information content (AvgIpc) is 1.86. The van der Waals surface area contributed by atoms with Crippen LogP contribution in [0.15, 0.2) is 0 Å². The Hall–Kier alpha value is 0.440. The summed E-state index contributed by atoms with van der Waals surface area (Å²) in [4.78, 5) is 0. The lowest BCUT2D eigenvalue weighted by atomic mass is 9.73. The zero-order chi connectivity index (χ0) is 7.61. The molecule has 0 bridgehead atoms. The molecule has 0 saturated carbocycles. The number of hydrogen-bond acceptors (Lipinski definition) is 1. The molecule has 0 N–H and O–H groups in total. The van der Waals surface area contributed by atoms with E-state index in [1.165, 1.54) is 6.42 Å². The molecule has 1 aliphatic heterocycles. The smallest absolute Gasteiger partial charge is 0.0547 e. The van der Waals surface area contributed by atoms with Crippen molar-refractivity contribution in [3.05, 3.63) is 0 Å². The highest BCUT2D eigenvalue weighted by Gasteiger charge is 2.40. The summed E-state index contributed by atoms with van der Waals surface area (Å²) in [5.74, 6) is 0.756. The lowest BCUT2D eigenvalue weighted by Gasteiger charge is -2.45.